The molecule has 9 nitrogen and oxygen atoms in total. The molecule has 25 heavy (non-hydrogen) atoms. The maximum atomic E-state index is 12.5. The average Bonchev–Trinajstić information content (AvgIpc) is 3.11. The van der Waals surface area contributed by atoms with Gasteiger partial charge in [-0.2, -0.15) is 22.5 Å². The quantitative estimate of drug-likeness (QED) is 0.700. The lowest BCUT2D eigenvalue weighted by Gasteiger charge is -2.24. The Hall–Kier alpha value is -1.49. The Morgan fingerprint density at radius 1 is 1.36 bits per heavy atom. The summed E-state index contributed by atoms with van der Waals surface area (Å²) in [5.74, 6) is -0.229. The monoisotopic (exact) mass is 372 g/mol. The molecular weight excluding hydrogens is 344 g/mol. The van der Waals surface area contributed by atoms with Crippen molar-refractivity contribution in [2.24, 2.45) is 7.05 Å². The van der Waals surface area contributed by atoms with Crippen LogP contribution < -0.4 is 4.72 Å². The first-order valence-electron chi connectivity index (χ1n) is 8.26. The number of hydrogen-bond donors (Lipinski definition) is 1. The highest BCUT2D eigenvalue weighted by atomic mass is 32.2. The molecule has 1 atom stereocenters. The predicted octanol–water partition coefficient (Wildman–Crippen LogP) is -0.459. The van der Waals surface area contributed by atoms with Gasteiger partial charge in [0.25, 0.3) is 10.2 Å². The summed E-state index contributed by atoms with van der Waals surface area (Å²) in [6.45, 7) is 1.15. The maximum absolute atomic E-state index is 12.5. The van der Waals surface area contributed by atoms with E-state index in [4.69, 9.17) is 0 Å². The van der Waals surface area contributed by atoms with Gasteiger partial charge in [-0.05, 0) is 33.0 Å². The summed E-state index contributed by atoms with van der Waals surface area (Å²) in [5, 5.41) is 4.56. The minimum atomic E-state index is -3.61. The predicted molar refractivity (Wildman–Crippen MR) is 94.9 cm³/mol. The van der Waals surface area contributed by atoms with Gasteiger partial charge in [-0.1, -0.05) is 0 Å². The van der Waals surface area contributed by atoms with E-state index in [2.05, 4.69) is 14.7 Å². The summed E-state index contributed by atoms with van der Waals surface area (Å²) in [6, 6.07) is 1.93. The molecule has 1 aromatic rings. The summed E-state index contributed by atoms with van der Waals surface area (Å²) in [5.41, 5.74) is 1.94. The number of carbonyl (C=O) groups is 1. The SMILES string of the molecule is CN(C)Cc1cc(C2CCCN2C(=O)CNS(=O)(=O)N(C)C)nn1C. The Morgan fingerprint density at radius 3 is 2.64 bits per heavy atom. The van der Waals surface area contributed by atoms with Gasteiger partial charge in [0.05, 0.1) is 24.0 Å². The zero-order chi connectivity index (χ0) is 18.8. The minimum absolute atomic E-state index is 0.0986. The number of aryl methyl sites for hydroxylation is 1. The third kappa shape index (κ3) is 4.78. The van der Waals surface area contributed by atoms with E-state index in [-0.39, 0.29) is 18.5 Å². The van der Waals surface area contributed by atoms with Gasteiger partial charge in [-0.25, -0.2) is 0 Å². The molecule has 142 valence electrons. The zero-order valence-electron chi connectivity index (χ0n) is 15.6. The van der Waals surface area contributed by atoms with E-state index in [1.165, 1.54) is 14.1 Å². The number of carbonyl (C=O) groups excluding carboxylic acids is 1. The highest BCUT2D eigenvalue weighted by Crippen LogP contribution is 2.31. The standard InChI is InChI=1S/C15H28N6O3S/c1-18(2)11-12-9-13(17-20(12)5)14-7-6-8-21(14)15(22)10-16-25(23,24)19(3)4/h9,14,16H,6-8,10-11H2,1-5H3. The fraction of sp³-hybridized carbons (Fsp3) is 0.733. The van der Waals surface area contributed by atoms with Crippen LogP contribution in [-0.2, 0) is 28.6 Å². The Morgan fingerprint density at radius 2 is 2.04 bits per heavy atom. The van der Waals surface area contributed by atoms with E-state index in [9.17, 15) is 13.2 Å². The van der Waals surface area contributed by atoms with Crippen LogP contribution in [0.3, 0.4) is 0 Å². The Bertz CT molecular complexity index is 713. The van der Waals surface area contributed by atoms with Crippen molar-refractivity contribution in [3.8, 4) is 0 Å². The van der Waals surface area contributed by atoms with Crippen LogP contribution in [0.25, 0.3) is 0 Å². The van der Waals surface area contributed by atoms with Crippen molar-refractivity contribution in [3.63, 3.8) is 0 Å². The maximum Gasteiger partial charge on any atom is 0.279 e. The van der Waals surface area contributed by atoms with E-state index >= 15 is 0 Å². The molecule has 1 N–H and O–H groups in total. The number of amides is 1. The summed E-state index contributed by atoms with van der Waals surface area (Å²) in [7, 11) is 5.12. The van der Waals surface area contributed by atoms with E-state index in [0.29, 0.717) is 6.54 Å². The topological polar surface area (TPSA) is 90.8 Å². The Kier molecular flexibility index (Phi) is 6.20. The van der Waals surface area contributed by atoms with Gasteiger partial charge < -0.3 is 9.80 Å². The van der Waals surface area contributed by atoms with Crippen LogP contribution in [0.4, 0.5) is 0 Å². The fourth-order valence-corrected chi connectivity index (χ4v) is 3.49. The van der Waals surface area contributed by atoms with Gasteiger partial charge in [-0.3, -0.25) is 9.48 Å². The molecule has 1 aliphatic rings. The molecule has 0 aromatic carbocycles. The lowest BCUT2D eigenvalue weighted by Crippen LogP contribution is -2.43. The van der Waals surface area contributed by atoms with Crippen molar-refractivity contribution in [1.29, 1.82) is 0 Å². The largest absolute Gasteiger partial charge is 0.333 e. The van der Waals surface area contributed by atoms with E-state index < -0.39 is 10.2 Å². The minimum Gasteiger partial charge on any atom is -0.333 e. The summed E-state index contributed by atoms with van der Waals surface area (Å²) in [4.78, 5) is 16.3. The van der Waals surface area contributed by atoms with Crippen molar-refractivity contribution >= 4 is 16.1 Å². The molecule has 1 fully saturated rings. The number of nitrogens with one attached hydrogen (secondary N) is 1. The van der Waals surface area contributed by atoms with E-state index in [1.54, 1.807) is 4.90 Å². The summed E-state index contributed by atoms with van der Waals surface area (Å²) < 4.78 is 28.8. The molecule has 1 unspecified atom stereocenters. The second kappa shape index (κ2) is 7.81. The molecule has 0 spiro atoms. The van der Waals surface area contributed by atoms with Crippen LogP contribution in [0.2, 0.25) is 0 Å². The number of aromatic nitrogens is 2. The molecule has 2 rings (SSSR count). The van der Waals surface area contributed by atoms with Gasteiger partial charge in [0.2, 0.25) is 5.91 Å². The van der Waals surface area contributed by atoms with Crippen LogP contribution >= 0.6 is 0 Å². The highest BCUT2D eigenvalue weighted by Gasteiger charge is 2.32. The average molecular weight is 372 g/mol. The van der Waals surface area contributed by atoms with Gasteiger partial charge in [0.15, 0.2) is 0 Å². The van der Waals surface area contributed by atoms with Crippen LogP contribution in [0.1, 0.15) is 30.3 Å². The molecular formula is C15H28N6O3S. The van der Waals surface area contributed by atoms with E-state index in [0.717, 1.165) is 35.1 Å². The molecule has 2 heterocycles. The first-order valence-corrected chi connectivity index (χ1v) is 9.70. The Labute approximate surface area is 149 Å². The molecule has 0 aliphatic carbocycles. The number of hydrogen-bond acceptors (Lipinski definition) is 5. The lowest BCUT2D eigenvalue weighted by molar-refractivity contribution is -0.130. The first kappa shape index (κ1) is 19.8. The van der Waals surface area contributed by atoms with Crippen molar-refractivity contribution in [1.82, 2.24) is 28.6 Å². The van der Waals surface area contributed by atoms with Crippen molar-refractivity contribution in [2.45, 2.75) is 25.4 Å². The molecule has 1 aliphatic heterocycles. The van der Waals surface area contributed by atoms with Crippen molar-refractivity contribution < 1.29 is 13.2 Å². The zero-order valence-corrected chi connectivity index (χ0v) is 16.4. The summed E-state index contributed by atoms with van der Waals surface area (Å²) in [6.07, 6.45) is 1.72. The molecule has 0 radical (unpaired) electrons. The van der Waals surface area contributed by atoms with Gasteiger partial charge in [-0.15, -0.1) is 0 Å². The molecule has 10 heteroatoms. The molecule has 0 bridgehead atoms. The van der Waals surface area contributed by atoms with Crippen molar-refractivity contribution in [3.05, 3.63) is 17.5 Å². The van der Waals surface area contributed by atoms with Crippen LogP contribution in [0.15, 0.2) is 6.07 Å². The molecule has 1 saturated heterocycles. The second-order valence-corrected chi connectivity index (χ2v) is 8.74. The van der Waals surface area contributed by atoms with Gasteiger partial charge >= 0.3 is 0 Å². The third-order valence-corrected chi connectivity index (χ3v) is 5.75. The third-order valence-electron chi connectivity index (χ3n) is 4.27. The Balaban J connectivity index is 2.08. The number of rotatable bonds is 7. The second-order valence-electron chi connectivity index (χ2n) is 6.78. The highest BCUT2D eigenvalue weighted by molar-refractivity contribution is 7.87. The van der Waals surface area contributed by atoms with Crippen LogP contribution in [0, 0.1) is 0 Å². The van der Waals surface area contributed by atoms with Crippen molar-refractivity contribution in [2.75, 3.05) is 41.3 Å². The lowest BCUT2D eigenvalue weighted by atomic mass is 10.1. The first-order chi connectivity index (χ1) is 11.6. The number of nitrogens with zero attached hydrogens (tertiary/aromatic N) is 5. The summed E-state index contributed by atoms with van der Waals surface area (Å²) >= 11 is 0. The molecule has 1 aromatic heterocycles. The van der Waals surface area contributed by atoms with Crippen LogP contribution in [0.5, 0.6) is 0 Å². The van der Waals surface area contributed by atoms with Crippen LogP contribution in [-0.4, -0.2) is 79.5 Å². The van der Waals surface area contributed by atoms with E-state index in [1.807, 2.05) is 31.9 Å². The number of likely N-dealkylation sites (tertiary alicyclic amines) is 1. The fourth-order valence-electron chi connectivity index (χ4n) is 2.92. The normalized spacial score (nSPS) is 18.5. The molecule has 1 amide bonds. The van der Waals surface area contributed by atoms with Gasteiger partial charge in [0.1, 0.15) is 0 Å². The smallest absolute Gasteiger partial charge is 0.279 e. The van der Waals surface area contributed by atoms with Gasteiger partial charge in [0, 0.05) is 34.2 Å². The molecule has 0 saturated carbocycles.